The summed E-state index contributed by atoms with van der Waals surface area (Å²) in [6, 6.07) is 18.1. The van der Waals surface area contributed by atoms with Crippen molar-refractivity contribution >= 4 is 11.6 Å². The summed E-state index contributed by atoms with van der Waals surface area (Å²) in [5.41, 5.74) is 1.23. The number of hydrogen-bond donors (Lipinski definition) is 1. The predicted molar refractivity (Wildman–Crippen MR) is 142 cm³/mol. The SMILES string of the molecule is O=C([C@@H]1C[C@H](NCc2ccc(F)cc2F)CN1Cc1ccccc1)N1CCN(c2cccc(C(F)(F)F)c2)CC1. The van der Waals surface area contributed by atoms with E-state index in [2.05, 4.69) is 10.2 Å². The van der Waals surface area contributed by atoms with E-state index >= 15 is 0 Å². The van der Waals surface area contributed by atoms with Crippen molar-refractivity contribution in [3.05, 3.63) is 101 Å². The third kappa shape index (κ3) is 6.62. The molecule has 0 spiro atoms. The second kappa shape index (κ2) is 11.9. The van der Waals surface area contributed by atoms with E-state index in [-0.39, 0.29) is 18.5 Å². The fourth-order valence-electron chi connectivity index (χ4n) is 5.50. The first-order valence-corrected chi connectivity index (χ1v) is 13.3. The van der Waals surface area contributed by atoms with Gasteiger partial charge in [0.2, 0.25) is 5.91 Å². The van der Waals surface area contributed by atoms with Crippen LogP contribution in [-0.2, 0) is 24.1 Å². The fraction of sp³-hybridized carbons (Fsp3) is 0.367. The van der Waals surface area contributed by atoms with E-state index in [9.17, 15) is 26.7 Å². The van der Waals surface area contributed by atoms with Crippen LogP contribution in [0.4, 0.5) is 27.6 Å². The van der Waals surface area contributed by atoms with Gasteiger partial charge in [0.1, 0.15) is 11.6 Å². The van der Waals surface area contributed by atoms with Crippen molar-refractivity contribution in [3.63, 3.8) is 0 Å². The van der Waals surface area contributed by atoms with Gasteiger partial charge in [-0.2, -0.15) is 13.2 Å². The first-order chi connectivity index (χ1) is 19.2. The summed E-state index contributed by atoms with van der Waals surface area (Å²) in [6.07, 6.45) is -3.88. The Morgan fingerprint density at radius 2 is 1.65 bits per heavy atom. The lowest BCUT2D eigenvalue weighted by atomic mass is 10.1. The third-order valence-corrected chi connectivity index (χ3v) is 7.64. The molecule has 1 N–H and O–H groups in total. The van der Waals surface area contributed by atoms with Gasteiger partial charge in [-0.05, 0) is 36.2 Å². The molecule has 2 atom stereocenters. The molecule has 212 valence electrons. The summed E-state index contributed by atoms with van der Waals surface area (Å²) in [6.45, 7) is 3.05. The Kier molecular flexibility index (Phi) is 8.37. The average Bonchev–Trinajstić information content (AvgIpc) is 3.35. The molecule has 2 heterocycles. The van der Waals surface area contributed by atoms with Crippen molar-refractivity contribution in [1.29, 1.82) is 0 Å². The summed E-state index contributed by atoms with van der Waals surface area (Å²) >= 11 is 0. The van der Waals surface area contributed by atoms with Gasteiger partial charge in [-0.1, -0.05) is 42.5 Å². The van der Waals surface area contributed by atoms with Gasteiger partial charge in [0.15, 0.2) is 0 Å². The molecule has 5 nitrogen and oxygen atoms in total. The highest BCUT2D eigenvalue weighted by Crippen LogP contribution is 2.32. The van der Waals surface area contributed by atoms with Crippen molar-refractivity contribution in [2.45, 2.75) is 37.8 Å². The molecule has 2 fully saturated rings. The molecular weight excluding hydrogens is 527 g/mol. The number of anilines is 1. The Balaban J connectivity index is 1.24. The molecule has 0 saturated carbocycles. The van der Waals surface area contributed by atoms with E-state index in [1.54, 1.807) is 11.0 Å². The van der Waals surface area contributed by atoms with Crippen LogP contribution in [0.2, 0.25) is 0 Å². The van der Waals surface area contributed by atoms with Crippen LogP contribution in [0.15, 0.2) is 72.8 Å². The minimum absolute atomic E-state index is 0.0168. The lowest BCUT2D eigenvalue weighted by Gasteiger charge is -2.38. The summed E-state index contributed by atoms with van der Waals surface area (Å²) in [5, 5.41) is 3.33. The second-order valence-electron chi connectivity index (χ2n) is 10.3. The molecule has 0 aliphatic carbocycles. The maximum absolute atomic E-state index is 14.2. The molecule has 0 aromatic heterocycles. The molecule has 0 bridgehead atoms. The number of alkyl halides is 3. The summed E-state index contributed by atoms with van der Waals surface area (Å²) in [5.74, 6) is -1.26. The molecule has 1 amide bonds. The molecule has 2 aliphatic rings. The van der Waals surface area contributed by atoms with E-state index in [1.165, 1.54) is 18.2 Å². The minimum atomic E-state index is -4.41. The zero-order valence-corrected chi connectivity index (χ0v) is 21.9. The van der Waals surface area contributed by atoms with Gasteiger partial charge in [-0.15, -0.1) is 0 Å². The van der Waals surface area contributed by atoms with Crippen LogP contribution in [0.25, 0.3) is 0 Å². The van der Waals surface area contributed by atoms with Crippen LogP contribution < -0.4 is 10.2 Å². The van der Waals surface area contributed by atoms with E-state index in [1.807, 2.05) is 35.2 Å². The van der Waals surface area contributed by atoms with Crippen LogP contribution >= 0.6 is 0 Å². The van der Waals surface area contributed by atoms with E-state index < -0.39 is 29.4 Å². The number of piperazine rings is 1. The standard InChI is InChI=1S/C30H31F5N4O/c31-24-10-9-22(27(32)16-24)18-36-25-17-28(39(20-25)19-21-5-2-1-3-6-21)29(40)38-13-11-37(12-14-38)26-8-4-7-23(15-26)30(33,34)35/h1-10,15-16,25,28,36H,11-14,17-20H2/t25-,28-/m0/s1. The highest BCUT2D eigenvalue weighted by atomic mass is 19.4. The molecule has 0 radical (unpaired) electrons. The Morgan fingerprint density at radius 3 is 2.35 bits per heavy atom. The van der Waals surface area contributed by atoms with Crippen LogP contribution in [-0.4, -0.2) is 60.5 Å². The van der Waals surface area contributed by atoms with Crippen LogP contribution in [0.3, 0.4) is 0 Å². The van der Waals surface area contributed by atoms with E-state index in [4.69, 9.17) is 0 Å². The number of carbonyl (C=O) groups is 1. The van der Waals surface area contributed by atoms with E-state index in [0.717, 1.165) is 23.8 Å². The molecule has 3 aromatic rings. The van der Waals surface area contributed by atoms with Gasteiger partial charge in [-0.25, -0.2) is 8.78 Å². The van der Waals surface area contributed by atoms with E-state index in [0.29, 0.717) is 56.9 Å². The number of carbonyl (C=O) groups excluding carboxylic acids is 1. The molecule has 10 heteroatoms. The molecule has 2 aliphatic heterocycles. The monoisotopic (exact) mass is 558 g/mol. The highest BCUT2D eigenvalue weighted by molar-refractivity contribution is 5.82. The first kappa shape index (κ1) is 28.0. The average molecular weight is 559 g/mol. The smallest absolute Gasteiger partial charge is 0.368 e. The largest absolute Gasteiger partial charge is 0.416 e. The van der Waals surface area contributed by atoms with Crippen LogP contribution in [0.1, 0.15) is 23.1 Å². The normalized spacial score (nSPS) is 20.2. The Morgan fingerprint density at radius 1 is 0.900 bits per heavy atom. The Labute approximate surface area is 230 Å². The molecule has 40 heavy (non-hydrogen) atoms. The van der Waals surface area contributed by atoms with Gasteiger partial charge in [0.05, 0.1) is 11.6 Å². The van der Waals surface area contributed by atoms with Crippen molar-refractivity contribution in [3.8, 4) is 0 Å². The first-order valence-electron chi connectivity index (χ1n) is 13.3. The maximum Gasteiger partial charge on any atom is 0.416 e. The van der Waals surface area contributed by atoms with Crippen molar-refractivity contribution in [2.75, 3.05) is 37.6 Å². The lowest BCUT2D eigenvalue weighted by molar-refractivity contribution is -0.137. The maximum atomic E-state index is 14.2. The number of nitrogens with one attached hydrogen (secondary N) is 1. The molecule has 3 aromatic carbocycles. The van der Waals surface area contributed by atoms with Crippen LogP contribution in [0, 0.1) is 11.6 Å². The molecule has 5 rings (SSSR count). The van der Waals surface area contributed by atoms with Gasteiger partial charge in [0.25, 0.3) is 0 Å². The summed E-state index contributed by atoms with van der Waals surface area (Å²) in [4.78, 5) is 19.5. The number of amides is 1. The Bertz CT molecular complexity index is 1310. The second-order valence-corrected chi connectivity index (χ2v) is 10.3. The number of halogens is 5. The molecule has 2 saturated heterocycles. The van der Waals surface area contributed by atoms with Crippen molar-refractivity contribution < 1.29 is 26.7 Å². The van der Waals surface area contributed by atoms with Crippen molar-refractivity contribution in [2.24, 2.45) is 0 Å². The van der Waals surface area contributed by atoms with Gasteiger partial charge >= 0.3 is 6.18 Å². The quantitative estimate of drug-likeness (QED) is 0.412. The number of benzene rings is 3. The number of rotatable bonds is 7. The van der Waals surface area contributed by atoms with Gasteiger partial charge in [-0.3, -0.25) is 9.69 Å². The number of nitrogens with zero attached hydrogens (tertiary/aromatic N) is 3. The molecular formula is C30H31F5N4O. The highest BCUT2D eigenvalue weighted by Gasteiger charge is 2.39. The zero-order chi connectivity index (χ0) is 28.3. The number of hydrogen-bond acceptors (Lipinski definition) is 4. The fourth-order valence-corrected chi connectivity index (χ4v) is 5.50. The van der Waals surface area contributed by atoms with Gasteiger partial charge < -0.3 is 15.1 Å². The summed E-state index contributed by atoms with van der Waals surface area (Å²) < 4.78 is 67.0. The minimum Gasteiger partial charge on any atom is -0.368 e. The Hall–Kier alpha value is -3.50. The number of likely N-dealkylation sites (tertiary alicyclic amines) is 1. The topological polar surface area (TPSA) is 38.8 Å². The van der Waals surface area contributed by atoms with Gasteiger partial charge in [0, 0.05) is 69.2 Å². The molecule has 0 unspecified atom stereocenters. The predicted octanol–water partition coefficient (Wildman–Crippen LogP) is 5.07. The summed E-state index contributed by atoms with van der Waals surface area (Å²) in [7, 11) is 0. The zero-order valence-electron chi connectivity index (χ0n) is 21.9. The van der Waals surface area contributed by atoms with Crippen molar-refractivity contribution in [1.82, 2.24) is 15.1 Å². The third-order valence-electron chi connectivity index (χ3n) is 7.64. The lowest BCUT2D eigenvalue weighted by Crippen LogP contribution is -2.53. The van der Waals surface area contributed by atoms with Crippen LogP contribution in [0.5, 0.6) is 0 Å².